The van der Waals surface area contributed by atoms with Crippen LogP contribution in [0.1, 0.15) is 22.3 Å². The van der Waals surface area contributed by atoms with Gasteiger partial charge in [-0.3, -0.25) is 9.59 Å². The average molecular weight is 393 g/mol. The monoisotopic (exact) mass is 392 g/mol. The smallest absolute Gasteiger partial charge is 0.255 e. The van der Waals surface area contributed by atoms with Crippen molar-refractivity contribution in [2.24, 2.45) is 0 Å². The highest BCUT2D eigenvalue weighted by atomic mass is 35.5. The van der Waals surface area contributed by atoms with Crippen molar-refractivity contribution in [3.05, 3.63) is 64.7 Å². The van der Waals surface area contributed by atoms with E-state index in [1.807, 2.05) is 30.3 Å². The van der Waals surface area contributed by atoms with E-state index in [1.54, 1.807) is 7.05 Å². The van der Waals surface area contributed by atoms with E-state index in [0.29, 0.717) is 6.54 Å². The predicted molar refractivity (Wildman–Crippen MR) is 99.6 cm³/mol. The van der Waals surface area contributed by atoms with E-state index < -0.39 is 15.9 Å². The first-order valence-corrected chi connectivity index (χ1v) is 9.93. The van der Waals surface area contributed by atoms with Crippen molar-refractivity contribution in [3.8, 4) is 0 Å². The highest BCUT2D eigenvalue weighted by Gasteiger charge is 2.36. The summed E-state index contributed by atoms with van der Waals surface area (Å²) in [7, 11) is -2.01. The summed E-state index contributed by atoms with van der Waals surface area (Å²) in [4.78, 5) is 26.0. The molecule has 2 aromatic rings. The van der Waals surface area contributed by atoms with Gasteiger partial charge in [0, 0.05) is 20.0 Å². The molecule has 1 aliphatic rings. The number of rotatable bonds is 4. The molecule has 136 valence electrons. The first-order valence-electron chi connectivity index (χ1n) is 7.94. The lowest BCUT2D eigenvalue weighted by atomic mass is 10.1. The number of carbonyl (C=O) groups excluding carboxylic acids is 2. The van der Waals surface area contributed by atoms with Gasteiger partial charge in [-0.2, -0.15) is 0 Å². The molecule has 0 atom stereocenters. The molecular formula is C18H17ClN2O4S. The minimum atomic E-state index is -3.67. The molecule has 0 radical (unpaired) electrons. The summed E-state index contributed by atoms with van der Waals surface area (Å²) < 4.78 is 24.8. The Morgan fingerprint density at radius 1 is 1.19 bits per heavy atom. The summed E-state index contributed by atoms with van der Waals surface area (Å²) in [6.45, 7) is 0.413. The number of amides is 2. The molecule has 1 aliphatic heterocycles. The molecular weight excluding hydrogens is 376 g/mol. The van der Waals surface area contributed by atoms with E-state index in [9.17, 15) is 18.0 Å². The molecule has 2 amide bonds. The van der Waals surface area contributed by atoms with Crippen molar-refractivity contribution in [3.63, 3.8) is 0 Å². The second-order valence-corrected chi connectivity index (χ2v) is 8.38. The van der Waals surface area contributed by atoms with Gasteiger partial charge in [0.2, 0.25) is 15.9 Å². The molecule has 1 heterocycles. The molecule has 8 heteroatoms. The van der Waals surface area contributed by atoms with Crippen molar-refractivity contribution in [1.82, 2.24) is 4.90 Å². The standard InChI is InChI=1S/C18H17ClN2O4S/c1-20(12-13-5-3-2-4-6-13)18(23)15-8-7-14(11-16(15)19)21-17(22)9-10-26(21,24)25/h2-8,11H,9-10,12H2,1H3. The Kier molecular flexibility index (Phi) is 5.02. The molecule has 0 bridgehead atoms. The molecule has 1 saturated heterocycles. The van der Waals surface area contributed by atoms with Crippen molar-refractivity contribution in [2.75, 3.05) is 17.1 Å². The fourth-order valence-electron chi connectivity index (χ4n) is 2.81. The maximum atomic E-state index is 12.6. The molecule has 0 aliphatic carbocycles. The normalized spacial score (nSPS) is 15.9. The molecule has 2 aromatic carbocycles. The highest BCUT2D eigenvalue weighted by Crippen LogP contribution is 2.30. The highest BCUT2D eigenvalue weighted by molar-refractivity contribution is 7.94. The fourth-order valence-corrected chi connectivity index (χ4v) is 4.51. The second-order valence-electron chi connectivity index (χ2n) is 6.04. The van der Waals surface area contributed by atoms with Crippen LogP contribution in [-0.4, -0.2) is 37.9 Å². The number of sulfonamides is 1. The second kappa shape index (κ2) is 7.09. The van der Waals surface area contributed by atoms with Crippen LogP contribution in [0.15, 0.2) is 48.5 Å². The van der Waals surface area contributed by atoms with E-state index in [0.717, 1.165) is 9.87 Å². The van der Waals surface area contributed by atoms with Gasteiger partial charge in [-0.25, -0.2) is 12.7 Å². The van der Waals surface area contributed by atoms with Crippen molar-refractivity contribution in [2.45, 2.75) is 13.0 Å². The fraction of sp³-hybridized carbons (Fsp3) is 0.222. The van der Waals surface area contributed by atoms with Crippen LogP contribution in [0, 0.1) is 0 Å². The third kappa shape index (κ3) is 3.59. The van der Waals surface area contributed by atoms with Gasteiger partial charge >= 0.3 is 0 Å². The summed E-state index contributed by atoms with van der Waals surface area (Å²) in [6.07, 6.45) is -0.0551. The number of nitrogens with zero attached hydrogens (tertiary/aromatic N) is 2. The summed E-state index contributed by atoms with van der Waals surface area (Å²) >= 11 is 6.21. The van der Waals surface area contributed by atoms with Gasteiger partial charge in [0.05, 0.1) is 22.0 Å². The molecule has 26 heavy (non-hydrogen) atoms. The van der Waals surface area contributed by atoms with Gasteiger partial charge in [0.15, 0.2) is 0 Å². The van der Waals surface area contributed by atoms with Gasteiger partial charge in [0.1, 0.15) is 0 Å². The molecule has 6 nitrogen and oxygen atoms in total. The number of hydrogen-bond donors (Lipinski definition) is 0. The molecule has 1 fully saturated rings. The molecule has 0 unspecified atom stereocenters. The first kappa shape index (κ1) is 18.4. The molecule has 3 rings (SSSR count). The Bertz CT molecular complexity index is 960. The predicted octanol–water partition coefficient (Wildman–Crippen LogP) is 2.68. The van der Waals surface area contributed by atoms with E-state index in [1.165, 1.54) is 23.1 Å². The van der Waals surface area contributed by atoms with Crippen LogP contribution in [-0.2, 0) is 21.4 Å². The minimum absolute atomic E-state index is 0.0551. The van der Waals surface area contributed by atoms with Crippen molar-refractivity contribution >= 4 is 39.1 Å². The first-order chi connectivity index (χ1) is 12.3. The van der Waals surface area contributed by atoms with Crippen molar-refractivity contribution in [1.29, 1.82) is 0 Å². The van der Waals surface area contributed by atoms with Crippen LogP contribution in [0.4, 0.5) is 5.69 Å². The number of anilines is 1. The maximum Gasteiger partial charge on any atom is 0.255 e. The zero-order valence-corrected chi connectivity index (χ0v) is 15.6. The Balaban J connectivity index is 1.83. The lowest BCUT2D eigenvalue weighted by Crippen LogP contribution is -2.30. The Morgan fingerprint density at radius 3 is 2.46 bits per heavy atom. The van der Waals surface area contributed by atoms with Crippen LogP contribution in [0.5, 0.6) is 0 Å². The summed E-state index contributed by atoms with van der Waals surface area (Å²) in [5.74, 6) is -1.01. The zero-order valence-electron chi connectivity index (χ0n) is 14.1. The van der Waals surface area contributed by atoms with Crippen LogP contribution in [0.25, 0.3) is 0 Å². The topological polar surface area (TPSA) is 74.8 Å². The Labute approximate surface area is 157 Å². The number of carbonyl (C=O) groups is 2. The molecule has 0 saturated carbocycles. The lowest BCUT2D eigenvalue weighted by molar-refractivity contribution is -0.116. The summed E-state index contributed by atoms with van der Waals surface area (Å²) in [5.41, 5.74) is 1.38. The number of halogens is 1. The molecule has 0 N–H and O–H groups in total. The van der Waals surface area contributed by atoms with Crippen molar-refractivity contribution < 1.29 is 18.0 Å². The van der Waals surface area contributed by atoms with Crippen LogP contribution < -0.4 is 4.31 Å². The van der Waals surface area contributed by atoms with Crippen LogP contribution in [0.2, 0.25) is 5.02 Å². The molecule has 0 spiro atoms. The number of hydrogen-bond acceptors (Lipinski definition) is 4. The van der Waals surface area contributed by atoms with E-state index in [2.05, 4.69) is 0 Å². The minimum Gasteiger partial charge on any atom is -0.337 e. The van der Waals surface area contributed by atoms with Crippen LogP contribution in [0.3, 0.4) is 0 Å². The Morgan fingerprint density at radius 2 is 1.88 bits per heavy atom. The average Bonchev–Trinajstić information content (AvgIpc) is 2.88. The SMILES string of the molecule is CN(Cc1ccccc1)C(=O)c1ccc(N2C(=O)CCS2(=O)=O)cc1Cl. The summed E-state index contributed by atoms with van der Waals surface area (Å²) in [5, 5.41) is 0.0994. The third-order valence-electron chi connectivity index (χ3n) is 4.11. The van der Waals surface area contributed by atoms with E-state index in [-0.39, 0.29) is 34.4 Å². The van der Waals surface area contributed by atoms with Gasteiger partial charge in [-0.1, -0.05) is 41.9 Å². The molecule has 0 aromatic heterocycles. The zero-order chi connectivity index (χ0) is 18.9. The van der Waals surface area contributed by atoms with Crippen LogP contribution >= 0.6 is 11.6 Å². The van der Waals surface area contributed by atoms with Gasteiger partial charge in [-0.05, 0) is 23.8 Å². The van der Waals surface area contributed by atoms with Gasteiger partial charge in [-0.15, -0.1) is 0 Å². The summed E-state index contributed by atoms with van der Waals surface area (Å²) in [6, 6.07) is 13.7. The van der Waals surface area contributed by atoms with E-state index >= 15 is 0 Å². The Hall–Kier alpha value is -2.38. The quantitative estimate of drug-likeness (QED) is 0.801. The number of benzene rings is 2. The van der Waals surface area contributed by atoms with Gasteiger partial charge in [0.25, 0.3) is 5.91 Å². The maximum absolute atomic E-state index is 12.6. The third-order valence-corrected chi connectivity index (χ3v) is 6.11. The largest absolute Gasteiger partial charge is 0.337 e. The van der Waals surface area contributed by atoms with E-state index in [4.69, 9.17) is 11.6 Å². The lowest BCUT2D eigenvalue weighted by Gasteiger charge is -2.20. The van der Waals surface area contributed by atoms with Gasteiger partial charge < -0.3 is 4.90 Å².